The zero-order valence-corrected chi connectivity index (χ0v) is 15.7. The van der Waals surface area contributed by atoms with E-state index in [4.69, 9.17) is 4.42 Å². The third kappa shape index (κ3) is 3.32. The summed E-state index contributed by atoms with van der Waals surface area (Å²) in [6.07, 6.45) is 1.41. The van der Waals surface area contributed by atoms with Crippen LogP contribution in [0, 0.1) is 0 Å². The Morgan fingerprint density at radius 2 is 2.08 bits per heavy atom. The average Bonchev–Trinajstić information content (AvgIpc) is 3.39. The largest absolute Gasteiger partial charge is 0.503 e. The summed E-state index contributed by atoms with van der Waals surface area (Å²) in [5, 5.41) is 12.4. The molecule has 138 valence electrons. The topological polar surface area (TPSA) is 75.2 Å². The van der Waals surface area contributed by atoms with Gasteiger partial charge >= 0.3 is 0 Å². The second kappa shape index (κ2) is 7.88. The normalized spacial score (nSPS) is 17.6. The molecule has 0 bridgehead atoms. The van der Waals surface area contributed by atoms with Gasteiger partial charge in [-0.25, -0.2) is 0 Å². The molecule has 7 heteroatoms. The van der Waals surface area contributed by atoms with Gasteiger partial charge in [-0.1, -0.05) is 6.07 Å². The number of furan rings is 1. The van der Waals surface area contributed by atoms with Gasteiger partial charge in [-0.05, 0) is 37.4 Å². The second-order valence-corrected chi connectivity index (χ2v) is 7.17. The van der Waals surface area contributed by atoms with Crippen molar-refractivity contribution in [1.82, 2.24) is 4.90 Å². The van der Waals surface area contributed by atoms with Crippen LogP contribution in [0.3, 0.4) is 0 Å². The zero-order valence-electron chi connectivity index (χ0n) is 14.9. The Labute approximate surface area is 156 Å². The van der Waals surface area contributed by atoms with E-state index in [0.29, 0.717) is 6.54 Å². The highest BCUT2D eigenvalue weighted by Crippen LogP contribution is 2.40. The fourth-order valence-corrected chi connectivity index (χ4v) is 4.13. The molecule has 0 aromatic carbocycles. The molecule has 2 N–H and O–H groups in total. The number of quaternary nitrogens is 1. The minimum absolute atomic E-state index is 0.0990. The Kier molecular flexibility index (Phi) is 5.58. The van der Waals surface area contributed by atoms with Gasteiger partial charge in [-0.15, -0.1) is 11.3 Å². The predicted molar refractivity (Wildman–Crippen MR) is 98.4 cm³/mol. The molecule has 1 aliphatic rings. The van der Waals surface area contributed by atoms with Crippen molar-refractivity contribution in [3.63, 3.8) is 0 Å². The lowest BCUT2D eigenvalue weighted by molar-refractivity contribution is -0.895. The molecule has 0 saturated heterocycles. The van der Waals surface area contributed by atoms with E-state index >= 15 is 0 Å². The number of carbonyl (C=O) groups is 2. The number of nitrogens with one attached hydrogen (secondary N) is 1. The first-order valence-corrected chi connectivity index (χ1v) is 9.65. The quantitative estimate of drug-likeness (QED) is 0.691. The number of amides is 1. The first-order valence-electron chi connectivity index (χ1n) is 8.77. The summed E-state index contributed by atoms with van der Waals surface area (Å²) < 4.78 is 5.20. The van der Waals surface area contributed by atoms with Crippen molar-refractivity contribution < 1.29 is 24.0 Å². The molecular formula is C19H23N2O4S+. The lowest BCUT2D eigenvalue weighted by Crippen LogP contribution is -3.12. The Morgan fingerprint density at radius 3 is 2.65 bits per heavy atom. The maximum Gasteiger partial charge on any atom is 0.290 e. The standard InChI is InChI=1S/C19H22N2O4S/c1-3-20(4-2)9-10-21-16(14-8-6-12-26-14)15(18(23)19(21)24)17(22)13-7-5-11-25-13/h5-8,11-12,16,23H,3-4,9-10H2,1-2H3/p+1/t16-/m1/s1. The Morgan fingerprint density at radius 1 is 1.31 bits per heavy atom. The van der Waals surface area contributed by atoms with E-state index in [-0.39, 0.29) is 11.3 Å². The summed E-state index contributed by atoms with van der Waals surface area (Å²) in [5.74, 6) is -1.29. The molecule has 0 aliphatic carbocycles. The number of aliphatic hydroxyl groups is 1. The van der Waals surface area contributed by atoms with Crippen LogP contribution in [-0.4, -0.2) is 47.9 Å². The maximum absolute atomic E-state index is 12.9. The van der Waals surface area contributed by atoms with E-state index < -0.39 is 23.5 Å². The maximum atomic E-state index is 12.9. The minimum Gasteiger partial charge on any atom is -0.503 e. The summed E-state index contributed by atoms with van der Waals surface area (Å²) in [7, 11) is 0. The lowest BCUT2D eigenvalue weighted by Gasteiger charge is -2.27. The third-order valence-corrected chi connectivity index (χ3v) is 5.74. The molecular weight excluding hydrogens is 352 g/mol. The number of likely N-dealkylation sites (N-methyl/N-ethyl adjacent to an activating group) is 1. The number of carbonyl (C=O) groups excluding carboxylic acids is 2. The molecule has 1 atom stereocenters. The molecule has 0 saturated carbocycles. The van der Waals surface area contributed by atoms with Gasteiger partial charge in [-0.3, -0.25) is 9.59 Å². The van der Waals surface area contributed by atoms with Crippen molar-refractivity contribution in [2.45, 2.75) is 19.9 Å². The smallest absolute Gasteiger partial charge is 0.290 e. The highest BCUT2D eigenvalue weighted by Gasteiger charge is 2.45. The average molecular weight is 375 g/mol. The van der Waals surface area contributed by atoms with Gasteiger partial charge in [0.1, 0.15) is 0 Å². The molecule has 0 radical (unpaired) electrons. The lowest BCUT2D eigenvalue weighted by atomic mass is 10.0. The van der Waals surface area contributed by atoms with Crippen molar-refractivity contribution in [3.8, 4) is 0 Å². The number of aliphatic hydroxyl groups excluding tert-OH is 1. The van der Waals surface area contributed by atoms with Crippen LogP contribution < -0.4 is 4.90 Å². The Hall–Kier alpha value is -2.38. The fraction of sp³-hybridized carbons (Fsp3) is 0.368. The van der Waals surface area contributed by atoms with Crippen LogP contribution in [0.15, 0.2) is 51.7 Å². The van der Waals surface area contributed by atoms with E-state index in [0.717, 1.165) is 24.5 Å². The van der Waals surface area contributed by atoms with E-state index in [1.165, 1.54) is 22.5 Å². The first-order chi connectivity index (χ1) is 12.6. The molecule has 3 heterocycles. The molecule has 6 nitrogen and oxygen atoms in total. The van der Waals surface area contributed by atoms with E-state index in [1.807, 2.05) is 17.5 Å². The van der Waals surface area contributed by atoms with Crippen LogP contribution in [0.4, 0.5) is 0 Å². The molecule has 2 aromatic rings. The van der Waals surface area contributed by atoms with E-state index in [2.05, 4.69) is 13.8 Å². The van der Waals surface area contributed by atoms with Crippen molar-refractivity contribution in [3.05, 3.63) is 57.9 Å². The number of hydrogen-bond acceptors (Lipinski definition) is 5. The van der Waals surface area contributed by atoms with Crippen molar-refractivity contribution in [2.24, 2.45) is 0 Å². The SMILES string of the molecule is CC[NH+](CC)CCN1C(=O)C(O)=C(C(=O)c2ccco2)[C@H]1c1cccs1. The number of hydrogen-bond donors (Lipinski definition) is 2. The van der Waals surface area contributed by atoms with Gasteiger partial charge in [0.05, 0.1) is 44.1 Å². The molecule has 26 heavy (non-hydrogen) atoms. The summed E-state index contributed by atoms with van der Waals surface area (Å²) in [6, 6.07) is 6.34. The minimum atomic E-state index is -0.574. The van der Waals surface area contributed by atoms with Gasteiger partial charge in [0.15, 0.2) is 11.5 Å². The highest BCUT2D eigenvalue weighted by atomic mass is 32.1. The van der Waals surface area contributed by atoms with Crippen LogP contribution >= 0.6 is 11.3 Å². The molecule has 1 aliphatic heterocycles. The number of thiophene rings is 1. The summed E-state index contributed by atoms with van der Waals surface area (Å²) in [4.78, 5) is 29.4. The van der Waals surface area contributed by atoms with Crippen LogP contribution in [0.1, 0.15) is 35.3 Å². The number of Topliss-reactive ketones (excluding diaryl/α,β-unsaturated/α-hetero) is 1. The fourth-order valence-electron chi connectivity index (χ4n) is 3.28. The van der Waals surface area contributed by atoms with E-state index in [9.17, 15) is 14.7 Å². The van der Waals surface area contributed by atoms with Crippen LogP contribution in [0.25, 0.3) is 0 Å². The van der Waals surface area contributed by atoms with Crippen molar-refractivity contribution in [2.75, 3.05) is 26.2 Å². The van der Waals surface area contributed by atoms with Crippen LogP contribution in [0.2, 0.25) is 0 Å². The predicted octanol–water partition coefficient (Wildman–Crippen LogP) is 1.84. The second-order valence-electron chi connectivity index (χ2n) is 6.19. The highest BCUT2D eigenvalue weighted by molar-refractivity contribution is 7.10. The van der Waals surface area contributed by atoms with Gasteiger partial charge < -0.3 is 19.3 Å². The molecule has 0 fully saturated rings. The monoisotopic (exact) mass is 375 g/mol. The third-order valence-electron chi connectivity index (χ3n) is 4.81. The summed E-state index contributed by atoms with van der Waals surface area (Å²) in [6.45, 7) is 7.35. The molecule has 0 spiro atoms. The van der Waals surface area contributed by atoms with E-state index in [1.54, 1.807) is 17.0 Å². The van der Waals surface area contributed by atoms with Gasteiger partial charge in [-0.2, -0.15) is 0 Å². The number of nitrogens with zero attached hydrogens (tertiary/aromatic N) is 1. The molecule has 3 rings (SSSR count). The van der Waals surface area contributed by atoms with Gasteiger partial charge in [0.2, 0.25) is 5.78 Å². The Balaban J connectivity index is 1.94. The first kappa shape index (κ1) is 18.4. The molecule has 1 amide bonds. The number of ketones is 1. The molecule has 0 unspecified atom stereocenters. The Bertz CT molecular complexity index is 792. The summed E-state index contributed by atoms with van der Waals surface area (Å²) >= 11 is 1.46. The zero-order chi connectivity index (χ0) is 18.7. The summed E-state index contributed by atoms with van der Waals surface area (Å²) in [5.41, 5.74) is 0.0990. The van der Waals surface area contributed by atoms with Gasteiger partial charge in [0, 0.05) is 4.88 Å². The van der Waals surface area contributed by atoms with Crippen molar-refractivity contribution >= 4 is 23.0 Å². The van der Waals surface area contributed by atoms with Crippen LogP contribution in [0.5, 0.6) is 0 Å². The van der Waals surface area contributed by atoms with Crippen molar-refractivity contribution in [1.29, 1.82) is 0 Å². The number of rotatable bonds is 8. The van der Waals surface area contributed by atoms with Gasteiger partial charge in [0.25, 0.3) is 5.91 Å². The molecule has 2 aromatic heterocycles. The van der Waals surface area contributed by atoms with Crippen LogP contribution in [-0.2, 0) is 4.79 Å².